The minimum Gasteiger partial charge on any atom is -0.393 e. The number of hydrogen-bond acceptors (Lipinski definition) is 5. The van der Waals surface area contributed by atoms with Crippen molar-refractivity contribution in [2.24, 2.45) is 52.3 Å². The molecule has 0 bridgehead atoms. The number of rotatable bonds is 0. The average molecular weight is 445 g/mol. The molecule has 0 aromatic heterocycles. The van der Waals surface area contributed by atoms with E-state index in [0.29, 0.717) is 48.9 Å². The van der Waals surface area contributed by atoms with Crippen molar-refractivity contribution < 1.29 is 24.2 Å². The lowest BCUT2D eigenvalue weighted by Gasteiger charge is -2.60. The molecule has 4 saturated carbocycles. The van der Waals surface area contributed by atoms with E-state index in [1.54, 1.807) is 0 Å². The summed E-state index contributed by atoms with van der Waals surface area (Å²) in [5, 5.41) is 10.3. The zero-order valence-corrected chi connectivity index (χ0v) is 20.1. The summed E-state index contributed by atoms with van der Waals surface area (Å²) in [6, 6.07) is 0. The van der Waals surface area contributed by atoms with Crippen molar-refractivity contribution in [2.45, 2.75) is 97.1 Å². The minimum atomic E-state index is -1.13. The number of aliphatic hydroxyl groups is 1. The predicted octanol–water partition coefficient (Wildman–Crippen LogP) is 4.15. The molecule has 2 aliphatic heterocycles. The topological polar surface area (TPSA) is 72.8 Å². The van der Waals surface area contributed by atoms with Gasteiger partial charge in [0.15, 0.2) is 5.78 Å². The molecule has 12 atom stereocenters. The Morgan fingerprint density at radius 1 is 0.969 bits per heavy atom. The summed E-state index contributed by atoms with van der Waals surface area (Å²) in [7, 11) is 0. The van der Waals surface area contributed by atoms with E-state index in [0.717, 1.165) is 32.1 Å². The molecule has 2 saturated heterocycles. The van der Waals surface area contributed by atoms with Crippen LogP contribution in [0.4, 0.5) is 0 Å². The van der Waals surface area contributed by atoms with E-state index >= 15 is 0 Å². The zero-order valence-electron chi connectivity index (χ0n) is 20.1. The van der Waals surface area contributed by atoms with E-state index in [9.17, 15) is 14.7 Å². The quantitative estimate of drug-likeness (QED) is 0.608. The molecule has 5 heteroatoms. The monoisotopic (exact) mass is 444 g/mol. The average Bonchev–Trinajstić information content (AvgIpc) is 3.19. The molecule has 0 amide bonds. The smallest absolute Gasteiger partial charge is 0.232 e. The number of Topliss-reactive ketones (excluding diaryl/α,β-unsaturated/α-hetero) is 2. The minimum absolute atomic E-state index is 0.0567. The summed E-state index contributed by atoms with van der Waals surface area (Å²) < 4.78 is 12.7. The van der Waals surface area contributed by atoms with Gasteiger partial charge in [0.1, 0.15) is 5.78 Å². The van der Waals surface area contributed by atoms with Crippen LogP contribution in [0.1, 0.15) is 79.1 Å². The van der Waals surface area contributed by atoms with Crippen molar-refractivity contribution in [3.8, 4) is 0 Å². The second-order valence-electron chi connectivity index (χ2n) is 12.9. The molecule has 4 aliphatic carbocycles. The lowest BCUT2D eigenvalue weighted by Crippen LogP contribution is -2.59. The van der Waals surface area contributed by atoms with E-state index in [2.05, 4.69) is 27.7 Å². The van der Waals surface area contributed by atoms with Gasteiger partial charge in [-0.3, -0.25) is 9.59 Å². The third kappa shape index (κ3) is 2.57. The van der Waals surface area contributed by atoms with E-state index in [1.807, 2.05) is 0 Å². The van der Waals surface area contributed by atoms with Crippen LogP contribution in [0.15, 0.2) is 0 Å². The Hall–Kier alpha value is -0.780. The third-order valence-electron chi connectivity index (χ3n) is 11.6. The molecule has 32 heavy (non-hydrogen) atoms. The van der Waals surface area contributed by atoms with Crippen molar-refractivity contribution >= 4 is 11.6 Å². The largest absolute Gasteiger partial charge is 0.393 e. The first-order chi connectivity index (χ1) is 15.1. The van der Waals surface area contributed by atoms with Crippen LogP contribution in [-0.2, 0) is 19.1 Å². The first kappa shape index (κ1) is 21.7. The third-order valence-corrected chi connectivity index (χ3v) is 11.6. The van der Waals surface area contributed by atoms with Gasteiger partial charge < -0.3 is 14.6 Å². The van der Waals surface area contributed by atoms with Gasteiger partial charge in [-0.25, -0.2) is 0 Å². The first-order valence-electron chi connectivity index (χ1n) is 13.2. The van der Waals surface area contributed by atoms with Gasteiger partial charge in [-0.1, -0.05) is 27.7 Å². The van der Waals surface area contributed by atoms with E-state index < -0.39 is 11.2 Å². The van der Waals surface area contributed by atoms with Gasteiger partial charge in [-0.2, -0.15) is 0 Å². The molecule has 1 N–H and O–H groups in total. The summed E-state index contributed by atoms with van der Waals surface area (Å²) in [6.07, 6.45) is 6.99. The van der Waals surface area contributed by atoms with Crippen LogP contribution in [0.3, 0.4) is 0 Å². The van der Waals surface area contributed by atoms with Crippen LogP contribution in [-0.4, -0.2) is 41.3 Å². The molecule has 178 valence electrons. The maximum Gasteiger partial charge on any atom is 0.232 e. The Bertz CT molecular complexity index is 840. The van der Waals surface area contributed by atoms with Gasteiger partial charge in [0.25, 0.3) is 0 Å². The Labute approximate surface area is 192 Å². The summed E-state index contributed by atoms with van der Waals surface area (Å²) in [5.74, 6) is 1.42. The fourth-order valence-corrected chi connectivity index (χ4v) is 9.87. The van der Waals surface area contributed by atoms with Gasteiger partial charge in [0.05, 0.1) is 18.8 Å². The lowest BCUT2D eigenvalue weighted by molar-refractivity contribution is -0.252. The standard InChI is InChI=1S/C27H40O5/c1-14-9-23(30)27(31-13-14)15(2)24-21(32-27)11-20-18-6-5-16-10-17(28)7-8-25(16,3)19(18)12-22(29)26(20,24)4/h14-21,24,28H,5-13H2,1-4H3/t14-,15+,16+,17+,18-,19+,20+,21+,24+,25+,26-,27+/m1/s1. The maximum atomic E-state index is 14.0. The van der Waals surface area contributed by atoms with Crippen molar-refractivity contribution in [2.75, 3.05) is 6.61 Å². The van der Waals surface area contributed by atoms with Crippen LogP contribution in [0, 0.1) is 52.3 Å². The maximum absolute atomic E-state index is 14.0. The molecule has 6 rings (SSSR count). The van der Waals surface area contributed by atoms with Crippen LogP contribution in [0.2, 0.25) is 0 Å². The fraction of sp³-hybridized carbons (Fsp3) is 0.926. The highest BCUT2D eigenvalue weighted by molar-refractivity contribution is 5.90. The van der Waals surface area contributed by atoms with Gasteiger partial charge >= 0.3 is 0 Å². The SMILES string of the molecule is C[C@H]1CO[C@@]2(O[C@H]3C[C@H]4[C@@H]5CC[C@H]6C[C@@H](O)CC[C@]6(C)[C@H]5CC(=O)[C@]4(C)[C@H]3[C@@H]2C)C(=O)C1. The summed E-state index contributed by atoms with van der Waals surface area (Å²) in [6.45, 7) is 9.32. The summed E-state index contributed by atoms with van der Waals surface area (Å²) in [4.78, 5) is 27.1. The van der Waals surface area contributed by atoms with Gasteiger partial charge in [0, 0.05) is 30.1 Å². The highest BCUT2D eigenvalue weighted by Crippen LogP contribution is 2.70. The highest BCUT2D eigenvalue weighted by atomic mass is 16.7. The number of aliphatic hydroxyl groups excluding tert-OH is 1. The second-order valence-corrected chi connectivity index (χ2v) is 12.9. The first-order valence-corrected chi connectivity index (χ1v) is 13.2. The number of carbonyl (C=O) groups excluding carboxylic acids is 2. The van der Waals surface area contributed by atoms with Crippen LogP contribution in [0.5, 0.6) is 0 Å². The Morgan fingerprint density at radius 3 is 2.50 bits per heavy atom. The lowest BCUT2D eigenvalue weighted by atomic mass is 9.44. The molecule has 6 aliphatic rings. The zero-order chi connectivity index (χ0) is 22.6. The van der Waals surface area contributed by atoms with Crippen LogP contribution >= 0.6 is 0 Å². The van der Waals surface area contributed by atoms with E-state index in [4.69, 9.17) is 9.47 Å². The van der Waals surface area contributed by atoms with Crippen LogP contribution in [0.25, 0.3) is 0 Å². The molecular weight excluding hydrogens is 404 g/mol. The van der Waals surface area contributed by atoms with Crippen LogP contribution < -0.4 is 0 Å². The van der Waals surface area contributed by atoms with Gasteiger partial charge in [-0.15, -0.1) is 0 Å². The van der Waals surface area contributed by atoms with Crippen molar-refractivity contribution in [3.63, 3.8) is 0 Å². The fourth-order valence-electron chi connectivity index (χ4n) is 9.87. The molecular formula is C27H40O5. The van der Waals surface area contributed by atoms with E-state index in [1.165, 1.54) is 6.42 Å². The molecule has 6 fully saturated rings. The molecule has 5 nitrogen and oxygen atoms in total. The molecule has 2 heterocycles. The summed E-state index contributed by atoms with van der Waals surface area (Å²) in [5.41, 5.74) is -0.248. The van der Waals surface area contributed by atoms with E-state index in [-0.39, 0.29) is 41.2 Å². The second kappa shape index (κ2) is 6.88. The Balaban J connectivity index is 1.32. The van der Waals surface area contributed by atoms with Gasteiger partial charge in [0.2, 0.25) is 5.79 Å². The number of ether oxygens (including phenoxy) is 2. The highest BCUT2D eigenvalue weighted by Gasteiger charge is 2.73. The number of hydrogen-bond donors (Lipinski definition) is 1. The molecule has 0 aromatic rings. The molecule has 1 spiro atoms. The predicted molar refractivity (Wildman–Crippen MR) is 119 cm³/mol. The Morgan fingerprint density at radius 2 is 1.75 bits per heavy atom. The number of carbonyl (C=O) groups is 2. The molecule has 0 unspecified atom stereocenters. The van der Waals surface area contributed by atoms with Crippen molar-refractivity contribution in [3.05, 3.63) is 0 Å². The van der Waals surface area contributed by atoms with Gasteiger partial charge in [-0.05, 0) is 73.5 Å². The molecule has 0 radical (unpaired) electrons. The normalized spacial score (nSPS) is 59.5. The Kier molecular flexibility index (Phi) is 4.68. The number of ketones is 2. The van der Waals surface area contributed by atoms with Crippen molar-refractivity contribution in [1.82, 2.24) is 0 Å². The number of fused-ring (bicyclic) bond motifs is 7. The molecule has 0 aromatic carbocycles. The van der Waals surface area contributed by atoms with Crippen molar-refractivity contribution in [1.29, 1.82) is 0 Å². The summed E-state index contributed by atoms with van der Waals surface area (Å²) >= 11 is 0.